The van der Waals surface area contributed by atoms with Crippen LogP contribution in [0.1, 0.15) is 25.5 Å². The summed E-state index contributed by atoms with van der Waals surface area (Å²) in [6.45, 7) is 6.21. The third-order valence-corrected chi connectivity index (χ3v) is 3.81. The van der Waals surface area contributed by atoms with E-state index in [1.165, 1.54) is 12.8 Å². The summed E-state index contributed by atoms with van der Waals surface area (Å²) in [5.74, 6) is 0. The van der Waals surface area contributed by atoms with Gasteiger partial charge in [-0.3, -0.25) is 4.98 Å². The summed E-state index contributed by atoms with van der Waals surface area (Å²) in [6.07, 6.45) is 6.04. The number of ether oxygens (including phenoxy) is 1. The molecule has 1 aliphatic heterocycles. The van der Waals surface area contributed by atoms with Gasteiger partial charge in [0.2, 0.25) is 0 Å². The molecule has 0 spiro atoms. The Morgan fingerprint density at radius 1 is 1.35 bits per heavy atom. The SMILES string of the molecule is CCNCC1CCC(CN(C)CCc2ccccn2)O1. The molecular formula is C16H27N3O. The Morgan fingerprint density at radius 2 is 2.20 bits per heavy atom. The molecule has 4 nitrogen and oxygen atoms in total. The Balaban J connectivity index is 1.64. The van der Waals surface area contributed by atoms with Crippen molar-refractivity contribution in [2.75, 3.05) is 33.2 Å². The third-order valence-electron chi connectivity index (χ3n) is 3.81. The lowest BCUT2D eigenvalue weighted by Gasteiger charge is -2.21. The highest BCUT2D eigenvalue weighted by Crippen LogP contribution is 2.19. The Morgan fingerprint density at radius 3 is 2.95 bits per heavy atom. The second-order valence-electron chi connectivity index (χ2n) is 5.60. The lowest BCUT2D eigenvalue weighted by atomic mass is 10.2. The lowest BCUT2D eigenvalue weighted by molar-refractivity contribution is 0.0283. The van der Waals surface area contributed by atoms with Crippen LogP contribution in [-0.4, -0.2) is 55.3 Å². The van der Waals surface area contributed by atoms with Crippen molar-refractivity contribution in [3.05, 3.63) is 30.1 Å². The highest BCUT2D eigenvalue weighted by Gasteiger charge is 2.25. The van der Waals surface area contributed by atoms with Gasteiger partial charge in [0.25, 0.3) is 0 Å². The molecule has 0 aromatic carbocycles. The largest absolute Gasteiger partial charge is 0.372 e. The molecule has 2 heterocycles. The number of pyridine rings is 1. The summed E-state index contributed by atoms with van der Waals surface area (Å²) < 4.78 is 6.07. The maximum atomic E-state index is 6.07. The quantitative estimate of drug-likeness (QED) is 0.785. The molecular weight excluding hydrogens is 250 g/mol. The first-order chi connectivity index (χ1) is 9.78. The molecule has 1 aromatic rings. The summed E-state index contributed by atoms with van der Waals surface area (Å²) >= 11 is 0. The van der Waals surface area contributed by atoms with Crippen LogP contribution in [0.3, 0.4) is 0 Å². The second kappa shape index (κ2) is 8.35. The maximum absolute atomic E-state index is 6.07. The van der Waals surface area contributed by atoms with Gasteiger partial charge in [0.05, 0.1) is 12.2 Å². The number of aromatic nitrogens is 1. The van der Waals surface area contributed by atoms with Gasteiger partial charge >= 0.3 is 0 Å². The number of nitrogens with zero attached hydrogens (tertiary/aromatic N) is 2. The zero-order valence-corrected chi connectivity index (χ0v) is 12.7. The minimum absolute atomic E-state index is 0.396. The monoisotopic (exact) mass is 277 g/mol. The second-order valence-corrected chi connectivity index (χ2v) is 5.60. The summed E-state index contributed by atoms with van der Waals surface area (Å²) in [5.41, 5.74) is 1.16. The van der Waals surface area contributed by atoms with Gasteiger partial charge in [0.1, 0.15) is 0 Å². The molecule has 1 aliphatic rings. The average Bonchev–Trinajstić information content (AvgIpc) is 2.91. The fourth-order valence-electron chi connectivity index (χ4n) is 2.66. The van der Waals surface area contributed by atoms with E-state index in [-0.39, 0.29) is 0 Å². The van der Waals surface area contributed by atoms with E-state index in [9.17, 15) is 0 Å². The van der Waals surface area contributed by atoms with Crippen molar-refractivity contribution < 1.29 is 4.74 Å². The minimum Gasteiger partial charge on any atom is -0.372 e. The lowest BCUT2D eigenvalue weighted by Crippen LogP contribution is -2.32. The first-order valence-corrected chi connectivity index (χ1v) is 7.72. The van der Waals surface area contributed by atoms with E-state index >= 15 is 0 Å². The molecule has 112 valence electrons. The molecule has 2 unspecified atom stereocenters. The van der Waals surface area contributed by atoms with Gasteiger partial charge in [-0.25, -0.2) is 0 Å². The highest BCUT2D eigenvalue weighted by atomic mass is 16.5. The van der Waals surface area contributed by atoms with E-state index in [1.807, 2.05) is 18.3 Å². The predicted octanol–water partition coefficient (Wildman–Crippen LogP) is 1.71. The van der Waals surface area contributed by atoms with E-state index in [1.54, 1.807) is 0 Å². The van der Waals surface area contributed by atoms with Crippen molar-refractivity contribution in [2.45, 2.75) is 38.4 Å². The first kappa shape index (κ1) is 15.4. The molecule has 0 bridgehead atoms. The molecule has 4 heteroatoms. The predicted molar refractivity (Wildman–Crippen MR) is 81.9 cm³/mol. The molecule has 0 saturated carbocycles. The number of hydrogen-bond acceptors (Lipinski definition) is 4. The van der Waals surface area contributed by atoms with Gasteiger partial charge < -0.3 is 15.0 Å². The van der Waals surface area contributed by atoms with Gasteiger partial charge in [-0.2, -0.15) is 0 Å². The zero-order valence-electron chi connectivity index (χ0n) is 12.7. The van der Waals surface area contributed by atoms with E-state index in [0.717, 1.165) is 38.3 Å². The van der Waals surface area contributed by atoms with Crippen molar-refractivity contribution in [1.29, 1.82) is 0 Å². The topological polar surface area (TPSA) is 37.4 Å². The molecule has 1 saturated heterocycles. The third kappa shape index (κ3) is 5.19. The number of hydrogen-bond donors (Lipinski definition) is 1. The van der Waals surface area contributed by atoms with E-state index in [4.69, 9.17) is 4.74 Å². The Hall–Kier alpha value is -0.970. The van der Waals surface area contributed by atoms with E-state index < -0.39 is 0 Å². The van der Waals surface area contributed by atoms with Gasteiger partial charge in [0.15, 0.2) is 0 Å². The van der Waals surface area contributed by atoms with Crippen LogP contribution in [-0.2, 0) is 11.2 Å². The van der Waals surface area contributed by atoms with Crippen molar-refractivity contribution in [1.82, 2.24) is 15.2 Å². The van der Waals surface area contributed by atoms with Gasteiger partial charge in [-0.15, -0.1) is 0 Å². The molecule has 0 aliphatic carbocycles. The Kier molecular flexibility index (Phi) is 6.43. The molecule has 1 N–H and O–H groups in total. The molecule has 1 fully saturated rings. The normalized spacial score (nSPS) is 22.6. The molecule has 2 atom stereocenters. The van der Waals surface area contributed by atoms with Crippen molar-refractivity contribution in [2.24, 2.45) is 0 Å². The van der Waals surface area contributed by atoms with Crippen molar-refractivity contribution in [3.63, 3.8) is 0 Å². The summed E-state index contributed by atoms with van der Waals surface area (Å²) in [6, 6.07) is 6.10. The average molecular weight is 277 g/mol. The fraction of sp³-hybridized carbons (Fsp3) is 0.688. The highest BCUT2D eigenvalue weighted by molar-refractivity contribution is 5.03. The maximum Gasteiger partial charge on any atom is 0.0707 e. The standard InChI is InChI=1S/C16H27N3O/c1-3-17-12-15-7-8-16(20-15)13-19(2)11-9-14-6-4-5-10-18-14/h4-6,10,15-17H,3,7-9,11-13H2,1-2H3. The van der Waals surface area contributed by atoms with Crippen molar-refractivity contribution in [3.8, 4) is 0 Å². The van der Waals surface area contributed by atoms with Crippen LogP contribution in [0, 0.1) is 0 Å². The Labute approximate surface area is 122 Å². The van der Waals surface area contributed by atoms with Crippen LogP contribution in [0.4, 0.5) is 0 Å². The molecule has 2 rings (SSSR count). The molecule has 20 heavy (non-hydrogen) atoms. The molecule has 0 amide bonds. The van der Waals surface area contributed by atoms with Crippen LogP contribution < -0.4 is 5.32 Å². The van der Waals surface area contributed by atoms with Crippen LogP contribution in [0.25, 0.3) is 0 Å². The molecule has 0 radical (unpaired) electrons. The zero-order chi connectivity index (χ0) is 14.2. The van der Waals surface area contributed by atoms with E-state index in [2.05, 4.69) is 35.2 Å². The van der Waals surface area contributed by atoms with Gasteiger partial charge in [0, 0.05) is 37.9 Å². The van der Waals surface area contributed by atoms with Gasteiger partial charge in [-0.05, 0) is 38.6 Å². The van der Waals surface area contributed by atoms with Crippen LogP contribution in [0.2, 0.25) is 0 Å². The minimum atomic E-state index is 0.396. The summed E-state index contributed by atoms with van der Waals surface area (Å²) in [7, 11) is 2.17. The fourth-order valence-corrected chi connectivity index (χ4v) is 2.66. The summed E-state index contributed by atoms with van der Waals surface area (Å²) in [5, 5.41) is 3.36. The molecule has 1 aromatic heterocycles. The smallest absolute Gasteiger partial charge is 0.0707 e. The van der Waals surface area contributed by atoms with Crippen LogP contribution in [0.5, 0.6) is 0 Å². The van der Waals surface area contributed by atoms with Gasteiger partial charge in [-0.1, -0.05) is 13.0 Å². The van der Waals surface area contributed by atoms with Crippen LogP contribution >= 0.6 is 0 Å². The number of nitrogens with one attached hydrogen (secondary N) is 1. The number of likely N-dealkylation sites (N-methyl/N-ethyl adjacent to an activating group) is 2. The van der Waals surface area contributed by atoms with E-state index in [0.29, 0.717) is 12.2 Å². The first-order valence-electron chi connectivity index (χ1n) is 7.72. The van der Waals surface area contributed by atoms with Crippen LogP contribution in [0.15, 0.2) is 24.4 Å². The van der Waals surface area contributed by atoms with Crippen molar-refractivity contribution >= 4 is 0 Å². The Bertz CT molecular complexity index is 371. The summed E-state index contributed by atoms with van der Waals surface area (Å²) in [4.78, 5) is 6.72. The number of rotatable bonds is 8.